The van der Waals surface area contributed by atoms with Gasteiger partial charge in [-0.05, 0) is 6.07 Å². The molecule has 0 saturated carbocycles. The zero-order valence-electron chi connectivity index (χ0n) is 9.08. The zero-order chi connectivity index (χ0) is 14.2. The largest absolute Gasteiger partial charge is 0.478 e. The van der Waals surface area contributed by atoms with Gasteiger partial charge < -0.3 is 15.4 Å². The quantitative estimate of drug-likeness (QED) is 0.777. The molecule has 0 aliphatic rings. The van der Waals surface area contributed by atoms with Crippen LogP contribution in [0.4, 0.5) is 19.0 Å². The Balaban J connectivity index is 2.47. The fourth-order valence-electron chi connectivity index (χ4n) is 1.50. The van der Waals surface area contributed by atoms with Crippen LogP contribution in [0.1, 0.15) is 10.4 Å². The number of H-pyrrole nitrogens is 1. The zero-order valence-corrected chi connectivity index (χ0v) is 9.08. The minimum atomic E-state index is -5.05. The number of carbonyl (C=O) groups excluding carboxylic acids is 1. The molecule has 1 amide bonds. The number of carbonyl (C=O) groups is 2. The Morgan fingerprint density at radius 2 is 2.05 bits per heavy atom. The second-order valence-corrected chi connectivity index (χ2v) is 3.54. The predicted octanol–water partition coefficient (Wildman–Crippen LogP) is 1.76. The number of aromatic carboxylic acids is 1. The van der Waals surface area contributed by atoms with Crippen molar-refractivity contribution in [1.29, 1.82) is 0 Å². The van der Waals surface area contributed by atoms with Gasteiger partial charge in [0.2, 0.25) is 0 Å². The second kappa shape index (κ2) is 4.26. The van der Waals surface area contributed by atoms with Crippen LogP contribution in [0.15, 0.2) is 18.5 Å². The molecule has 0 radical (unpaired) electrons. The standard InChI is InChI=1S/C10H6F3N3O3/c11-10(12,13)9(19)16-7-6-4(1-2-14-6)5(3-15-7)8(17)18/h1-3,14H,(H,17,18)(H,15,16,19). The van der Waals surface area contributed by atoms with Crippen molar-refractivity contribution in [2.45, 2.75) is 6.18 Å². The summed E-state index contributed by atoms with van der Waals surface area (Å²) in [6, 6.07) is 1.36. The number of pyridine rings is 1. The number of carboxylic acid groups (broad SMARTS) is 1. The van der Waals surface area contributed by atoms with Crippen molar-refractivity contribution >= 4 is 28.6 Å². The highest BCUT2D eigenvalue weighted by Gasteiger charge is 2.39. The fourth-order valence-corrected chi connectivity index (χ4v) is 1.50. The molecule has 0 unspecified atom stereocenters. The molecule has 100 valence electrons. The first-order chi connectivity index (χ1) is 8.80. The van der Waals surface area contributed by atoms with Crippen LogP contribution in [0.5, 0.6) is 0 Å². The molecule has 2 rings (SSSR count). The van der Waals surface area contributed by atoms with Gasteiger partial charge in [0, 0.05) is 17.8 Å². The molecule has 0 aliphatic heterocycles. The molecular weight excluding hydrogens is 267 g/mol. The van der Waals surface area contributed by atoms with E-state index in [9.17, 15) is 22.8 Å². The number of nitrogens with one attached hydrogen (secondary N) is 2. The first-order valence-electron chi connectivity index (χ1n) is 4.88. The Morgan fingerprint density at radius 1 is 1.37 bits per heavy atom. The monoisotopic (exact) mass is 273 g/mol. The molecule has 0 saturated heterocycles. The molecule has 0 aromatic carbocycles. The van der Waals surface area contributed by atoms with Crippen molar-refractivity contribution in [2.24, 2.45) is 0 Å². The lowest BCUT2D eigenvalue weighted by atomic mass is 10.2. The lowest BCUT2D eigenvalue weighted by Gasteiger charge is -2.08. The number of fused-ring (bicyclic) bond motifs is 1. The number of hydrogen-bond donors (Lipinski definition) is 3. The maximum absolute atomic E-state index is 12.1. The van der Waals surface area contributed by atoms with E-state index in [4.69, 9.17) is 5.11 Å². The lowest BCUT2D eigenvalue weighted by molar-refractivity contribution is -0.167. The molecule has 6 nitrogen and oxygen atoms in total. The van der Waals surface area contributed by atoms with Crippen LogP contribution in [0.3, 0.4) is 0 Å². The van der Waals surface area contributed by atoms with Crippen molar-refractivity contribution < 1.29 is 27.9 Å². The molecule has 2 aromatic rings. The number of aromatic nitrogens is 2. The van der Waals surface area contributed by atoms with E-state index >= 15 is 0 Å². The Bertz CT molecular complexity index is 663. The van der Waals surface area contributed by atoms with Gasteiger partial charge in [0.05, 0.1) is 11.1 Å². The van der Waals surface area contributed by atoms with Crippen LogP contribution >= 0.6 is 0 Å². The van der Waals surface area contributed by atoms with E-state index in [1.165, 1.54) is 12.3 Å². The van der Waals surface area contributed by atoms with Gasteiger partial charge in [-0.25, -0.2) is 9.78 Å². The third-order valence-corrected chi connectivity index (χ3v) is 2.32. The Morgan fingerprint density at radius 3 is 2.63 bits per heavy atom. The van der Waals surface area contributed by atoms with Crippen LogP contribution in [-0.2, 0) is 4.79 Å². The molecule has 0 fully saturated rings. The van der Waals surface area contributed by atoms with Gasteiger partial charge in [-0.2, -0.15) is 13.2 Å². The average molecular weight is 273 g/mol. The first kappa shape index (κ1) is 12.9. The van der Waals surface area contributed by atoms with Gasteiger partial charge in [0.25, 0.3) is 0 Å². The van der Waals surface area contributed by atoms with E-state index in [1.54, 1.807) is 5.32 Å². The third-order valence-electron chi connectivity index (χ3n) is 2.32. The van der Waals surface area contributed by atoms with E-state index in [0.717, 1.165) is 6.20 Å². The van der Waals surface area contributed by atoms with Crippen LogP contribution in [0.2, 0.25) is 0 Å². The van der Waals surface area contributed by atoms with Crippen LogP contribution in [-0.4, -0.2) is 33.1 Å². The highest BCUT2D eigenvalue weighted by molar-refractivity contribution is 6.08. The summed E-state index contributed by atoms with van der Waals surface area (Å²) in [6.07, 6.45) is -2.83. The summed E-state index contributed by atoms with van der Waals surface area (Å²) >= 11 is 0. The number of rotatable bonds is 2. The van der Waals surface area contributed by atoms with E-state index in [1.807, 2.05) is 0 Å². The van der Waals surface area contributed by atoms with Crippen LogP contribution in [0, 0.1) is 0 Å². The number of halogens is 3. The second-order valence-electron chi connectivity index (χ2n) is 3.54. The normalized spacial score (nSPS) is 11.5. The number of alkyl halides is 3. The van der Waals surface area contributed by atoms with E-state index in [2.05, 4.69) is 9.97 Å². The molecule has 0 atom stereocenters. The number of hydrogen-bond acceptors (Lipinski definition) is 3. The summed E-state index contributed by atoms with van der Waals surface area (Å²) in [6.45, 7) is 0. The van der Waals surface area contributed by atoms with Gasteiger partial charge in [-0.3, -0.25) is 4.79 Å². The summed E-state index contributed by atoms with van der Waals surface area (Å²) in [5, 5.41) is 10.6. The highest BCUT2D eigenvalue weighted by Crippen LogP contribution is 2.25. The number of aromatic amines is 1. The van der Waals surface area contributed by atoms with Crippen molar-refractivity contribution in [3.8, 4) is 0 Å². The highest BCUT2D eigenvalue weighted by atomic mass is 19.4. The van der Waals surface area contributed by atoms with E-state index in [0.29, 0.717) is 0 Å². The minimum absolute atomic E-state index is 0.0116. The molecule has 19 heavy (non-hydrogen) atoms. The molecule has 2 heterocycles. The molecular formula is C10H6F3N3O3. The average Bonchev–Trinajstić information content (AvgIpc) is 2.76. The Hall–Kier alpha value is -2.58. The van der Waals surface area contributed by atoms with Crippen molar-refractivity contribution in [1.82, 2.24) is 9.97 Å². The van der Waals surface area contributed by atoms with E-state index in [-0.39, 0.29) is 22.3 Å². The Labute approximate surface area is 103 Å². The molecule has 3 N–H and O–H groups in total. The van der Waals surface area contributed by atoms with Gasteiger partial charge >= 0.3 is 18.1 Å². The van der Waals surface area contributed by atoms with Gasteiger partial charge in [-0.15, -0.1) is 0 Å². The van der Waals surface area contributed by atoms with Gasteiger partial charge in [0.15, 0.2) is 5.82 Å². The van der Waals surface area contributed by atoms with Crippen molar-refractivity contribution in [2.75, 3.05) is 5.32 Å². The van der Waals surface area contributed by atoms with Crippen LogP contribution < -0.4 is 5.32 Å². The summed E-state index contributed by atoms with van der Waals surface area (Å²) in [4.78, 5) is 27.7. The van der Waals surface area contributed by atoms with Crippen molar-refractivity contribution in [3.05, 3.63) is 24.0 Å². The first-order valence-corrected chi connectivity index (χ1v) is 4.88. The SMILES string of the molecule is O=C(O)c1cnc(NC(=O)C(F)(F)F)c2[nH]ccc12. The molecule has 0 spiro atoms. The number of amides is 1. The number of carboxylic acids is 1. The van der Waals surface area contributed by atoms with Crippen LogP contribution in [0.25, 0.3) is 10.9 Å². The summed E-state index contributed by atoms with van der Waals surface area (Å²) in [7, 11) is 0. The molecule has 9 heteroatoms. The predicted molar refractivity (Wildman–Crippen MR) is 57.7 cm³/mol. The number of anilines is 1. The van der Waals surface area contributed by atoms with Gasteiger partial charge in [0.1, 0.15) is 0 Å². The number of nitrogens with zero attached hydrogens (tertiary/aromatic N) is 1. The maximum atomic E-state index is 12.1. The van der Waals surface area contributed by atoms with E-state index < -0.39 is 18.1 Å². The van der Waals surface area contributed by atoms with Crippen molar-refractivity contribution in [3.63, 3.8) is 0 Å². The molecule has 0 aliphatic carbocycles. The summed E-state index contributed by atoms with van der Waals surface area (Å²) in [5.74, 6) is -3.84. The minimum Gasteiger partial charge on any atom is -0.478 e. The van der Waals surface area contributed by atoms with Gasteiger partial charge in [-0.1, -0.05) is 0 Å². The lowest BCUT2D eigenvalue weighted by Crippen LogP contribution is -2.30. The topological polar surface area (TPSA) is 95.1 Å². The fraction of sp³-hybridized carbons (Fsp3) is 0.100. The summed E-state index contributed by atoms with van der Waals surface area (Å²) < 4.78 is 36.4. The molecule has 0 bridgehead atoms. The smallest absolute Gasteiger partial charge is 0.471 e. The Kier molecular flexibility index (Phi) is 2.89. The maximum Gasteiger partial charge on any atom is 0.471 e. The summed E-state index contributed by atoms with van der Waals surface area (Å²) in [5.41, 5.74) is -0.168. The molecule has 2 aromatic heterocycles. The third kappa shape index (κ3) is 2.34.